The molecule has 0 spiro atoms. The van der Waals surface area contributed by atoms with Crippen LogP contribution in [0.15, 0.2) is 78.9 Å². The summed E-state index contributed by atoms with van der Waals surface area (Å²) in [6.07, 6.45) is 1.03. The lowest BCUT2D eigenvalue weighted by Crippen LogP contribution is -2.44. The van der Waals surface area contributed by atoms with Crippen LogP contribution in [0.3, 0.4) is 0 Å². The average Bonchev–Trinajstić information content (AvgIpc) is 2.59. The first kappa shape index (κ1) is 15.2. The number of nitrogens with zero attached hydrogens (tertiary/aromatic N) is 1. The topological polar surface area (TPSA) is 3.24 Å². The van der Waals surface area contributed by atoms with Crippen molar-refractivity contribution in [2.45, 2.75) is 18.5 Å². The summed E-state index contributed by atoms with van der Waals surface area (Å²) in [6.45, 7) is 0. The molecule has 0 aliphatic carbocycles. The third-order valence-corrected chi connectivity index (χ3v) is 4.93. The van der Waals surface area contributed by atoms with Gasteiger partial charge in [-0.2, -0.15) is 0 Å². The second-order valence-electron chi connectivity index (χ2n) is 6.11. The first-order valence-corrected chi connectivity index (χ1v) is 8.44. The first-order valence-electron chi connectivity index (χ1n) is 8.07. The number of hydrogen-bond acceptors (Lipinski definition) is 1. The third kappa shape index (κ3) is 2.78. The van der Waals surface area contributed by atoms with Crippen molar-refractivity contribution in [2.75, 3.05) is 4.90 Å². The minimum absolute atomic E-state index is 0.210. The van der Waals surface area contributed by atoms with Crippen LogP contribution >= 0.6 is 11.6 Å². The van der Waals surface area contributed by atoms with Gasteiger partial charge in [-0.1, -0.05) is 54.1 Å². The first-order chi connectivity index (χ1) is 11.7. The van der Waals surface area contributed by atoms with Crippen LogP contribution in [0.5, 0.6) is 0 Å². The number of benzene rings is 3. The highest BCUT2D eigenvalue weighted by molar-refractivity contribution is 6.30. The highest BCUT2D eigenvalue weighted by atomic mass is 35.5. The molecule has 24 heavy (non-hydrogen) atoms. The molecule has 0 radical (unpaired) electrons. The van der Waals surface area contributed by atoms with Gasteiger partial charge >= 0.3 is 0 Å². The quantitative estimate of drug-likeness (QED) is 0.552. The molecule has 3 aromatic carbocycles. The van der Waals surface area contributed by atoms with E-state index in [-0.39, 0.29) is 11.9 Å². The maximum absolute atomic E-state index is 13.3. The normalized spacial score (nSPS) is 19.8. The van der Waals surface area contributed by atoms with Gasteiger partial charge in [0.05, 0.1) is 12.1 Å². The Bertz CT molecular complexity index is 815. The molecular formula is C21H17ClFN. The highest BCUT2D eigenvalue weighted by Crippen LogP contribution is 2.50. The fourth-order valence-electron chi connectivity index (χ4n) is 3.44. The minimum atomic E-state index is -0.210. The van der Waals surface area contributed by atoms with Crippen LogP contribution in [-0.2, 0) is 0 Å². The SMILES string of the molecule is Fc1ccc(N2[C@@H](c3ccc(Cl)cc3)C[C@H]2c2ccccc2)cc1. The van der Waals surface area contributed by atoms with E-state index < -0.39 is 0 Å². The van der Waals surface area contributed by atoms with Gasteiger partial charge in [0.1, 0.15) is 5.82 Å². The molecule has 0 aromatic heterocycles. The number of rotatable bonds is 3. The summed E-state index contributed by atoms with van der Waals surface area (Å²) >= 11 is 6.02. The van der Waals surface area contributed by atoms with Crippen molar-refractivity contribution in [3.05, 3.63) is 101 Å². The summed E-state index contributed by atoms with van der Waals surface area (Å²) < 4.78 is 13.3. The van der Waals surface area contributed by atoms with Gasteiger partial charge in [0.2, 0.25) is 0 Å². The molecule has 1 nitrogen and oxygen atoms in total. The maximum Gasteiger partial charge on any atom is 0.123 e. The van der Waals surface area contributed by atoms with E-state index in [9.17, 15) is 4.39 Å². The Hall–Kier alpha value is -2.32. The molecule has 0 N–H and O–H groups in total. The lowest BCUT2D eigenvalue weighted by Gasteiger charge is -2.51. The van der Waals surface area contributed by atoms with E-state index in [4.69, 9.17) is 11.6 Å². The molecule has 3 heteroatoms. The smallest absolute Gasteiger partial charge is 0.123 e. The van der Waals surface area contributed by atoms with Gasteiger partial charge in [0.25, 0.3) is 0 Å². The van der Waals surface area contributed by atoms with Crippen molar-refractivity contribution in [1.29, 1.82) is 0 Å². The van der Waals surface area contributed by atoms with Gasteiger partial charge in [0, 0.05) is 10.7 Å². The average molecular weight is 338 g/mol. The summed E-state index contributed by atoms with van der Waals surface area (Å²) in [5.74, 6) is -0.210. The molecule has 1 aliphatic heterocycles. The van der Waals surface area contributed by atoms with Crippen LogP contribution in [-0.4, -0.2) is 0 Å². The van der Waals surface area contributed by atoms with Gasteiger partial charge < -0.3 is 4.90 Å². The van der Waals surface area contributed by atoms with Gasteiger partial charge in [-0.3, -0.25) is 0 Å². The zero-order valence-electron chi connectivity index (χ0n) is 13.1. The van der Waals surface area contributed by atoms with Gasteiger partial charge in [-0.25, -0.2) is 4.39 Å². The summed E-state index contributed by atoms with van der Waals surface area (Å²) in [5, 5.41) is 0.742. The molecule has 3 aromatic rings. The lowest BCUT2D eigenvalue weighted by atomic mass is 9.83. The molecular weight excluding hydrogens is 321 g/mol. The summed E-state index contributed by atoms with van der Waals surface area (Å²) in [5.41, 5.74) is 3.55. The molecule has 4 rings (SSSR count). The number of hydrogen-bond donors (Lipinski definition) is 0. The minimum Gasteiger partial charge on any atom is -0.357 e. The molecule has 0 unspecified atom stereocenters. The largest absolute Gasteiger partial charge is 0.357 e. The molecule has 1 fully saturated rings. The monoisotopic (exact) mass is 337 g/mol. The van der Waals surface area contributed by atoms with Crippen molar-refractivity contribution in [2.24, 2.45) is 0 Å². The fraction of sp³-hybridized carbons (Fsp3) is 0.143. The van der Waals surface area contributed by atoms with Crippen molar-refractivity contribution >= 4 is 17.3 Å². The van der Waals surface area contributed by atoms with E-state index >= 15 is 0 Å². The van der Waals surface area contributed by atoms with Crippen LogP contribution in [0.1, 0.15) is 29.6 Å². The predicted molar refractivity (Wildman–Crippen MR) is 96.9 cm³/mol. The van der Waals surface area contributed by atoms with Crippen molar-refractivity contribution in [1.82, 2.24) is 0 Å². The third-order valence-electron chi connectivity index (χ3n) is 4.68. The van der Waals surface area contributed by atoms with E-state index in [2.05, 4.69) is 41.3 Å². The van der Waals surface area contributed by atoms with E-state index in [0.29, 0.717) is 6.04 Å². The zero-order valence-corrected chi connectivity index (χ0v) is 13.8. The van der Waals surface area contributed by atoms with E-state index in [1.807, 2.05) is 30.3 Å². The van der Waals surface area contributed by atoms with Crippen molar-refractivity contribution in [3.63, 3.8) is 0 Å². The Balaban J connectivity index is 1.70. The van der Waals surface area contributed by atoms with Crippen LogP contribution < -0.4 is 4.90 Å². The second-order valence-corrected chi connectivity index (χ2v) is 6.55. The van der Waals surface area contributed by atoms with Gasteiger partial charge in [-0.15, -0.1) is 0 Å². The van der Waals surface area contributed by atoms with Crippen LogP contribution in [0.2, 0.25) is 5.02 Å². The highest BCUT2D eigenvalue weighted by Gasteiger charge is 2.40. The van der Waals surface area contributed by atoms with Crippen molar-refractivity contribution < 1.29 is 4.39 Å². The molecule has 0 bridgehead atoms. The van der Waals surface area contributed by atoms with E-state index in [0.717, 1.165) is 17.1 Å². The molecule has 120 valence electrons. The van der Waals surface area contributed by atoms with E-state index in [1.54, 1.807) is 0 Å². The number of anilines is 1. The van der Waals surface area contributed by atoms with Crippen LogP contribution in [0.4, 0.5) is 10.1 Å². The lowest BCUT2D eigenvalue weighted by molar-refractivity contribution is 0.353. The molecule has 1 aliphatic rings. The number of halogens is 2. The Morgan fingerprint density at radius 2 is 1.33 bits per heavy atom. The maximum atomic E-state index is 13.3. The molecule has 1 saturated heterocycles. The molecule has 0 saturated carbocycles. The summed E-state index contributed by atoms with van der Waals surface area (Å²) in [4.78, 5) is 2.36. The van der Waals surface area contributed by atoms with Gasteiger partial charge in [-0.05, 0) is 53.9 Å². The van der Waals surface area contributed by atoms with E-state index in [1.165, 1.54) is 23.3 Å². The predicted octanol–water partition coefficient (Wildman–Crippen LogP) is 6.17. The van der Waals surface area contributed by atoms with Gasteiger partial charge in [0.15, 0.2) is 0 Å². The zero-order chi connectivity index (χ0) is 16.5. The van der Waals surface area contributed by atoms with Crippen LogP contribution in [0, 0.1) is 5.82 Å². The molecule has 1 heterocycles. The van der Waals surface area contributed by atoms with Crippen molar-refractivity contribution in [3.8, 4) is 0 Å². The molecule has 0 amide bonds. The Labute approximate surface area is 146 Å². The summed E-state index contributed by atoms with van der Waals surface area (Å²) in [6, 6.07) is 25.8. The molecule has 2 atom stereocenters. The standard InChI is InChI=1S/C21H17ClFN/c22-17-8-6-16(7-9-17)21-14-20(15-4-2-1-3-5-15)24(21)19-12-10-18(23)11-13-19/h1-13,20-21H,14H2/t20-,21+/m0/s1. The Morgan fingerprint density at radius 3 is 1.96 bits per heavy atom. The fourth-order valence-corrected chi connectivity index (χ4v) is 3.57. The Morgan fingerprint density at radius 1 is 0.750 bits per heavy atom. The second kappa shape index (κ2) is 6.29. The van der Waals surface area contributed by atoms with Crippen LogP contribution in [0.25, 0.3) is 0 Å². The summed E-state index contributed by atoms with van der Waals surface area (Å²) in [7, 11) is 0. The Kier molecular flexibility index (Phi) is 3.99.